The first-order valence-electron chi connectivity index (χ1n) is 4.80. The zero-order valence-electron chi connectivity index (χ0n) is 8.57. The molecule has 0 amide bonds. The van der Waals surface area contributed by atoms with Crippen LogP contribution in [-0.4, -0.2) is 9.55 Å². The van der Waals surface area contributed by atoms with Crippen molar-refractivity contribution in [2.24, 2.45) is 0 Å². The molecule has 0 spiro atoms. The Morgan fingerprint density at radius 3 is 2.43 bits per heavy atom. The highest BCUT2D eigenvalue weighted by molar-refractivity contribution is 5.16. The number of imidazole rings is 1. The lowest BCUT2D eigenvalue weighted by Gasteiger charge is -2.03. The van der Waals surface area contributed by atoms with Crippen LogP contribution in [0.15, 0.2) is 36.5 Å². The van der Waals surface area contributed by atoms with Crippen molar-refractivity contribution in [3.63, 3.8) is 0 Å². The van der Waals surface area contributed by atoms with Crippen molar-refractivity contribution in [3.8, 4) is 0 Å². The summed E-state index contributed by atoms with van der Waals surface area (Å²) in [6, 6.07) is 10.4. The molecule has 0 saturated heterocycles. The SMILES string of the molecule is Cc1cn(Cc2ccccc2)c(C)n1. The smallest absolute Gasteiger partial charge is 0.106 e. The third-order valence-electron chi connectivity index (χ3n) is 2.29. The Morgan fingerprint density at radius 1 is 1.14 bits per heavy atom. The summed E-state index contributed by atoms with van der Waals surface area (Å²) >= 11 is 0. The van der Waals surface area contributed by atoms with E-state index in [1.807, 2.05) is 19.9 Å². The molecule has 2 heteroatoms. The zero-order valence-corrected chi connectivity index (χ0v) is 8.57. The highest BCUT2D eigenvalue weighted by Gasteiger charge is 2.00. The molecule has 0 unspecified atom stereocenters. The van der Waals surface area contributed by atoms with Crippen LogP contribution in [-0.2, 0) is 6.54 Å². The van der Waals surface area contributed by atoms with Crippen LogP contribution in [0.2, 0.25) is 0 Å². The Labute approximate surface area is 84.2 Å². The fraction of sp³-hybridized carbons (Fsp3) is 0.250. The van der Waals surface area contributed by atoms with Gasteiger partial charge >= 0.3 is 0 Å². The van der Waals surface area contributed by atoms with Gasteiger partial charge in [-0.3, -0.25) is 0 Å². The van der Waals surface area contributed by atoms with Gasteiger partial charge in [-0.25, -0.2) is 4.98 Å². The average molecular weight is 186 g/mol. The lowest BCUT2D eigenvalue weighted by atomic mass is 10.2. The van der Waals surface area contributed by atoms with Crippen molar-refractivity contribution < 1.29 is 0 Å². The first-order valence-corrected chi connectivity index (χ1v) is 4.80. The van der Waals surface area contributed by atoms with Gasteiger partial charge in [0, 0.05) is 12.7 Å². The molecule has 2 rings (SSSR count). The maximum atomic E-state index is 4.37. The molecule has 0 fully saturated rings. The van der Waals surface area contributed by atoms with Crippen LogP contribution in [0.1, 0.15) is 17.1 Å². The summed E-state index contributed by atoms with van der Waals surface area (Å²) in [5.41, 5.74) is 2.39. The summed E-state index contributed by atoms with van der Waals surface area (Å²) in [6.45, 7) is 4.97. The molecule has 0 bridgehead atoms. The van der Waals surface area contributed by atoms with Crippen molar-refractivity contribution in [2.75, 3.05) is 0 Å². The normalized spacial score (nSPS) is 10.4. The van der Waals surface area contributed by atoms with Crippen molar-refractivity contribution in [1.29, 1.82) is 0 Å². The van der Waals surface area contributed by atoms with E-state index in [9.17, 15) is 0 Å². The molecule has 0 aliphatic carbocycles. The molecule has 0 atom stereocenters. The fourth-order valence-corrected chi connectivity index (χ4v) is 1.61. The van der Waals surface area contributed by atoms with Crippen molar-refractivity contribution in [1.82, 2.24) is 9.55 Å². The van der Waals surface area contributed by atoms with E-state index >= 15 is 0 Å². The maximum absolute atomic E-state index is 4.37. The fourth-order valence-electron chi connectivity index (χ4n) is 1.61. The van der Waals surface area contributed by atoms with E-state index in [-0.39, 0.29) is 0 Å². The van der Waals surface area contributed by atoms with Gasteiger partial charge < -0.3 is 4.57 Å². The molecule has 2 aromatic rings. The van der Waals surface area contributed by atoms with Crippen LogP contribution in [0, 0.1) is 13.8 Å². The molecule has 0 saturated carbocycles. The third kappa shape index (κ3) is 1.84. The van der Waals surface area contributed by atoms with E-state index in [1.54, 1.807) is 0 Å². The summed E-state index contributed by atoms with van der Waals surface area (Å²) in [7, 11) is 0. The number of hydrogen-bond acceptors (Lipinski definition) is 1. The summed E-state index contributed by atoms with van der Waals surface area (Å²) in [5, 5.41) is 0. The summed E-state index contributed by atoms with van der Waals surface area (Å²) in [6.07, 6.45) is 2.09. The van der Waals surface area contributed by atoms with E-state index in [1.165, 1.54) is 5.56 Å². The molecular weight excluding hydrogens is 172 g/mol. The first-order chi connectivity index (χ1) is 6.75. The number of aromatic nitrogens is 2. The minimum absolute atomic E-state index is 0.910. The number of aryl methyl sites for hydroxylation is 2. The Kier molecular flexibility index (Phi) is 2.35. The summed E-state index contributed by atoms with van der Waals surface area (Å²) in [4.78, 5) is 4.37. The largest absolute Gasteiger partial charge is 0.330 e. The molecule has 0 aliphatic rings. The second-order valence-corrected chi connectivity index (χ2v) is 3.54. The minimum atomic E-state index is 0.910. The second-order valence-electron chi connectivity index (χ2n) is 3.54. The van der Waals surface area contributed by atoms with Crippen LogP contribution >= 0.6 is 0 Å². The van der Waals surface area contributed by atoms with E-state index < -0.39 is 0 Å². The molecule has 0 N–H and O–H groups in total. The van der Waals surface area contributed by atoms with Crippen LogP contribution in [0.3, 0.4) is 0 Å². The predicted molar refractivity (Wildman–Crippen MR) is 57.2 cm³/mol. The molecule has 2 nitrogen and oxygen atoms in total. The molecule has 0 aliphatic heterocycles. The van der Waals surface area contributed by atoms with Crippen molar-refractivity contribution in [3.05, 3.63) is 53.6 Å². The van der Waals surface area contributed by atoms with Gasteiger partial charge in [0.05, 0.1) is 5.69 Å². The third-order valence-corrected chi connectivity index (χ3v) is 2.29. The van der Waals surface area contributed by atoms with Gasteiger partial charge in [0.15, 0.2) is 0 Å². The predicted octanol–water partition coefficient (Wildman–Crippen LogP) is 2.55. The molecule has 0 radical (unpaired) electrons. The molecule has 1 heterocycles. The highest BCUT2D eigenvalue weighted by atomic mass is 15.1. The number of benzene rings is 1. The highest BCUT2D eigenvalue weighted by Crippen LogP contribution is 2.06. The Bertz CT molecular complexity index is 415. The molecular formula is C12H14N2. The summed E-state index contributed by atoms with van der Waals surface area (Å²) in [5.74, 6) is 1.08. The first kappa shape index (κ1) is 9.00. The van der Waals surface area contributed by atoms with E-state index in [4.69, 9.17) is 0 Å². The lowest BCUT2D eigenvalue weighted by molar-refractivity contribution is 0.761. The standard InChI is InChI=1S/C12H14N2/c1-10-8-14(11(2)13-10)9-12-6-4-3-5-7-12/h3-8H,9H2,1-2H3. The van der Waals surface area contributed by atoms with Gasteiger partial charge in [0.1, 0.15) is 5.82 Å². The maximum Gasteiger partial charge on any atom is 0.106 e. The quantitative estimate of drug-likeness (QED) is 0.704. The van der Waals surface area contributed by atoms with E-state index in [0.717, 1.165) is 18.1 Å². The van der Waals surface area contributed by atoms with E-state index in [2.05, 4.69) is 40.0 Å². The van der Waals surface area contributed by atoms with Gasteiger partial charge in [0.25, 0.3) is 0 Å². The molecule has 14 heavy (non-hydrogen) atoms. The van der Waals surface area contributed by atoms with Crippen LogP contribution < -0.4 is 0 Å². The Morgan fingerprint density at radius 2 is 1.86 bits per heavy atom. The molecule has 72 valence electrons. The number of hydrogen-bond donors (Lipinski definition) is 0. The average Bonchev–Trinajstić information content (AvgIpc) is 2.47. The van der Waals surface area contributed by atoms with Crippen LogP contribution in [0.4, 0.5) is 0 Å². The zero-order chi connectivity index (χ0) is 9.97. The molecule has 1 aromatic heterocycles. The van der Waals surface area contributed by atoms with Gasteiger partial charge in [-0.05, 0) is 19.4 Å². The van der Waals surface area contributed by atoms with Crippen LogP contribution in [0.25, 0.3) is 0 Å². The van der Waals surface area contributed by atoms with Crippen molar-refractivity contribution in [2.45, 2.75) is 20.4 Å². The minimum Gasteiger partial charge on any atom is -0.330 e. The van der Waals surface area contributed by atoms with Gasteiger partial charge in [0.2, 0.25) is 0 Å². The van der Waals surface area contributed by atoms with Gasteiger partial charge in [-0.15, -0.1) is 0 Å². The van der Waals surface area contributed by atoms with Gasteiger partial charge in [-0.2, -0.15) is 0 Å². The Hall–Kier alpha value is -1.57. The second kappa shape index (κ2) is 3.66. The Balaban J connectivity index is 2.23. The lowest BCUT2D eigenvalue weighted by Crippen LogP contribution is -2.00. The summed E-state index contributed by atoms with van der Waals surface area (Å²) < 4.78 is 2.17. The molecule has 1 aromatic carbocycles. The van der Waals surface area contributed by atoms with Crippen molar-refractivity contribution >= 4 is 0 Å². The monoisotopic (exact) mass is 186 g/mol. The van der Waals surface area contributed by atoms with Gasteiger partial charge in [-0.1, -0.05) is 30.3 Å². The topological polar surface area (TPSA) is 17.8 Å². The van der Waals surface area contributed by atoms with E-state index in [0.29, 0.717) is 0 Å². The number of rotatable bonds is 2. The number of nitrogens with zero attached hydrogens (tertiary/aromatic N) is 2. The van der Waals surface area contributed by atoms with Crippen LogP contribution in [0.5, 0.6) is 0 Å².